The third-order valence-corrected chi connectivity index (χ3v) is 5.70. The molecule has 0 radical (unpaired) electrons. The fourth-order valence-corrected chi connectivity index (χ4v) is 4.93. The van der Waals surface area contributed by atoms with Crippen molar-refractivity contribution in [2.75, 3.05) is 33.7 Å². The topological polar surface area (TPSA) is 24.3 Å². The van der Waals surface area contributed by atoms with E-state index >= 15 is 0 Å². The van der Waals surface area contributed by atoms with E-state index in [0.717, 1.165) is 19.0 Å². The summed E-state index contributed by atoms with van der Waals surface area (Å²) in [4.78, 5) is 5.01. The van der Waals surface area contributed by atoms with Gasteiger partial charge in [-0.25, -0.2) is 0 Å². The molecule has 3 aliphatic rings. The van der Waals surface area contributed by atoms with E-state index in [0.29, 0.717) is 5.41 Å². The minimum Gasteiger partial charge on any atom is -0.305 e. The van der Waals surface area contributed by atoms with Crippen LogP contribution in [0.15, 0.2) is 6.20 Å². The molecule has 1 aliphatic carbocycles. The zero-order chi connectivity index (χ0) is 13.7. The van der Waals surface area contributed by atoms with E-state index in [1.165, 1.54) is 51.0 Å². The van der Waals surface area contributed by atoms with Gasteiger partial charge in [0.15, 0.2) is 0 Å². The van der Waals surface area contributed by atoms with Crippen LogP contribution in [-0.2, 0) is 18.5 Å². The second kappa shape index (κ2) is 4.57. The van der Waals surface area contributed by atoms with E-state index < -0.39 is 0 Å². The number of aryl methyl sites for hydroxylation is 1. The Bertz CT molecular complexity index is 509. The van der Waals surface area contributed by atoms with Gasteiger partial charge in [-0.15, -0.1) is 0 Å². The molecule has 110 valence electrons. The maximum absolute atomic E-state index is 4.73. The SMILES string of the molecule is CN1CCCn2ncc([C@@]34CC[C@@H](CN(C)C3)C4)c2C1. The normalized spacial score (nSPS) is 35.0. The molecule has 2 fully saturated rings. The van der Waals surface area contributed by atoms with Crippen LogP contribution in [0.4, 0.5) is 0 Å². The van der Waals surface area contributed by atoms with Crippen molar-refractivity contribution in [3.8, 4) is 0 Å². The second-order valence-corrected chi connectivity index (χ2v) is 7.41. The molecule has 2 atom stereocenters. The molecule has 3 heterocycles. The van der Waals surface area contributed by atoms with Crippen LogP contribution in [0.2, 0.25) is 0 Å². The van der Waals surface area contributed by atoms with Crippen LogP contribution in [0.5, 0.6) is 0 Å². The monoisotopic (exact) mass is 274 g/mol. The smallest absolute Gasteiger partial charge is 0.0562 e. The predicted molar refractivity (Wildman–Crippen MR) is 79.7 cm³/mol. The number of likely N-dealkylation sites (N-methyl/N-ethyl adjacent to an activating group) is 1. The van der Waals surface area contributed by atoms with Gasteiger partial charge in [0.25, 0.3) is 0 Å². The zero-order valence-electron chi connectivity index (χ0n) is 12.8. The fraction of sp³-hybridized carbons (Fsp3) is 0.812. The van der Waals surface area contributed by atoms with Gasteiger partial charge in [0.05, 0.1) is 11.9 Å². The minimum absolute atomic E-state index is 0.399. The maximum atomic E-state index is 4.73. The van der Waals surface area contributed by atoms with Crippen molar-refractivity contribution >= 4 is 0 Å². The van der Waals surface area contributed by atoms with Gasteiger partial charge < -0.3 is 9.80 Å². The third-order valence-electron chi connectivity index (χ3n) is 5.70. The Hall–Kier alpha value is -0.870. The van der Waals surface area contributed by atoms with E-state index in [9.17, 15) is 0 Å². The number of rotatable bonds is 1. The lowest BCUT2D eigenvalue weighted by Crippen LogP contribution is -2.43. The molecule has 0 spiro atoms. The van der Waals surface area contributed by atoms with Gasteiger partial charge in [-0.1, -0.05) is 0 Å². The van der Waals surface area contributed by atoms with Gasteiger partial charge in [0.2, 0.25) is 0 Å². The molecule has 0 aromatic carbocycles. The molecule has 4 heteroatoms. The van der Waals surface area contributed by atoms with E-state index in [2.05, 4.69) is 34.8 Å². The van der Waals surface area contributed by atoms with Crippen LogP contribution in [-0.4, -0.2) is 53.3 Å². The number of hydrogen-bond acceptors (Lipinski definition) is 3. The molecular weight excluding hydrogens is 248 g/mol. The summed E-state index contributed by atoms with van der Waals surface area (Å²) < 4.78 is 2.29. The highest BCUT2D eigenvalue weighted by atomic mass is 15.3. The Morgan fingerprint density at radius 1 is 1.25 bits per heavy atom. The zero-order valence-corrected chi connectivity index (χ0v) is 12.8. The average Bonchev–Trinajstić information content (AvgIpc) is 2.87. The van der Waals surface area contributed by atoms with Crippen LogP contribution in [0, 0.1) is 5.92 Å². The molecule has 2 bridgehead atoms. The molecule has 20 heavy (non-hydrogen) atoms. The second-order valence-electron chi connectivity index (χ2n) is 7.41. The Balaban J connectivity index is 1.74. The predicted octanol–water partition coefficient (Wildman–Crippen LogP) is 1.70. The van der Waals surface area contributed by atoms with Crippen molar-refractivity contribution in [3.63, 3.8) is 0 Å². The summed E-state index contributed by atoms with van der Waals surface area (Å²) in [5, 5.41) is 4.73. The standard InChI is InChI=1S/C16H26N4/c1-18-6-3-7-20-15(11-18)14(9-17-20)16-5-4-13(8-16)10-19(2)12-16/h9,13H,3-8,10-12H2,1-2H3/t13-,16-/m1/s1. The highest BCUT2D eigenvalue weighted by Crippen LogP contribution is 2.49. The summed E-state index contributed by atoms with van der Waals surface area (Å²) in [6, 6.07) is 0. The van der Waals surface area contributed by atoms with Crippen molar-refractivity contribution in [1.29, 1.82) is 0 Å². The van der Waals surface area contributed by atoms with Crippen molar-refractivity contribution in [1.82, 2.24) is 19.6 Å². The highest BCUT2D eigenvalue weighted by molar-refractivity contribution is 5.32. The summed E-state index contributed by atoms with van der Waals surface area (Å²) >= 11 is 0. The molecule has 0 amide bonds. The number of hydrogen-bond donors (Lipinski definition) is 0. The van der Waals surface area contributed by atoms with Crippen molar-refractivity contribution in [2.45, 2.75) is 44.2 Å². The number of nitrogens with zero attached hydrogens (tertiary/aromatic N) is 4. The fourth-order valence-electron chi connectivity index (χ4n) is 4.93. The summed E-state index contributed by atoms with van der Waals surface area (Å²) in [5.41, 5.74) is 3.47. The molecule has 1 aromatic heterocycles. The van der Waals surface area contributed by atoms with Gasteiger partial charge in [-0.3, -0.25) is 4.68 Å². The van der Waals surface area contributed by atoms with Gasteiger partial charge >= 0.3 is 0 Å². The van der Waals surface area contributed by atoms with Crippen molar-refractivity contribution in [3.05, 3.63) is 17.5 Å². The molecule has 4 rings (SSSR count). The van der Waals surface area contributed by atoms with Crippen molar-refractivity contribution < 1.29 is 0 Å². The lowest BCUT2D eigenvalue weighted by Gasteiger charge is -2.39. The average molecular weight is 274 g/mol. The highest BCUT2D eigenvalue weighted by Gasteiger charge is 2.47. The molecule has 0 unspecified atom stereocenters. The molecule has 2 aliphatic heterocycles. The number of fused-ring (bicyclic) bond motifs is 3. The Kier molecular flexibility index (Phi) is 2.93. The molecule has 1 saturated carbocycles. The van der Waals surface area contributed by atoms with Gasteiger partial charge in [-0.2, -0.15) is 5.10 Å². The molecule has 4 nitrogen and oxygen atoms in total. The van der Waals surface area contributed by atoms with E-state index in [1.807, 2.05) is 0 Å². The summed E-state index contributed by atoms with van der Waals surface area (Å²) in [7, 11) is 4.54. The Morgan fingerprint density at radius 2 is 2.15 bits per heavy atom. The van der Waals surface area contributed by atoms with Crippen LogP contribution < -0.4 is 0 Å². The van der Waals surface area contributed by atoms with Crippen LogP contribution in [0.25, 0.3) is 0 Å². The summed E-state index contributed by atoms with van der Waals surface area (Å²) in [6.07, 6.45) is 7.59. The first-order valence-corrected chi connectivity index (χ1v) is 8.09. The number of piperidine rings is 1. The summed E-state index contributed by atoms with van der Waals surface area (Å²) in [6.45, 7) is 5.88. The first-order chi connectivity index (χ1) is 9.66. The first kappa shape index (κ1) is 12.8. The van der Waals surface area contributed by atoms with Crippen LogP contribution in [0.3, 0.4) is 0 Å². The third kappa shape index (κ3) is 1.92. The number of likely N-dealkylation sites (tertiary alicyclic amines) is 1. The molecular formula is C16H26N4. The Labute approximate surface area is 121 Å². The van der Waals surface area contributed by atoms with Gasteiger partial charge in [0, 0.05) is 43.7 Å². The van der Waals surface area contributed by atoms with Gasteiger partial charge in [-0.05, 0) is 45.7 Å². The Morgan fingerprint density at radius 3 is 3.05 bits per heavy atom. The maximum Gasteiger partial charge on any atom is 0.0562 e. The van der Waals surface area contributed by atoms with Crippen molar-refractivity contribution in [2.24, 2.45) is 5.92 Å². The van der Waals surface area contributed by atoms with Crippen LogP contribution in [0.1, 0.15) is 36.9 Å². The molecule has 1 saturated heterocycles. The van der Waals surface area contributed by atoms with Crippen LogP contribution >= 0.6 is 0 Å². The minimum atomic E-state index is 0.399. The van der Waals surface area contributed by atoms with E-state index in [4.69, 9.17) is 5.10 Å². The van der Waals surface area contributed by atoms with E-state index in [-0.39, 0.29) is 0 Å². The lowest BCUT2D eigenvalue weighted by molar-refractivity contribution is 0.174. The first-order valence-electron chi connectivity index (χ1n) is 8.09. The number of aromatic nitrogens is 2. The lowest BCUT2D eigenvalue weighted by atomic mass is 9.76. The van der Waals surface area contributed by atoms with E-state index in [1.54, 1.807) is 5.56 Å². The summed E-state index contributed by atoms with van der Waals surface area (Å²) in [5.74, 6) is 0.910. The van der Waals surface area contributed by atoms with Gasteiger partial charge in [0.1, 0.15) is 0 Å². The molecule has 0 N–H and O–H groups in total. The quantitative estimate of drug-likeness (QED) is 0.779. The largest absolute Gasteiger partial charge is 0.305 e. The molecule has 1 aromatic rings.